The molecule has 3 rings (SSSR count). The largest absolute Gasteiger partial charge is 0.496 e. The molecule has 10 heteroatoms. The highest BCUT2D eigenvalue weighted by molar-refractivity contribution is 9.10. The first-order valence-electron chi connectivity index (χ1n) is 9.86. The maximum Gasteiger partial charge on any atom is 0.272 e. The summed E-state index contributed by atoms with van der Waals surface area (Å²) in [7, 11) is 1.42. The Morgan fingerprint density at radius 3 is 2.56 bits per heavy atom. The molecule has 0 bridgehead atoms. The standard InChI is InChI=1S/C24H19BrClN3O5/c1-14-6-8-17(13-20(14)26)27-24(31)21(11-15-4-3-5-18(10-15)29(32)33)28-23(30)19-12-16(25)7-9-22(19)34-2/h3-13H,1-2H3,(H,27,31)(H,28,30)/b21-11-. The highest BCUT2D eigenvalue weighted by atomic mass is 79.9. The Kier molecular flexibility index (Phi) is 8.04. The van der Waals surface area contributed by atoms with Gasteiger partial charge in [0.2, 0.25) is 0 Å². The minimum atomic E-state index is -0.645. The van der Waals surface area contributed by atoms with E-state index in [9.17, 15) is 19.7 Å². The van der Waals surface area contributed by atoms with Crippen LogP contribution in [0.5, 0.6) is 5.75 Å². The van der Waals surface area contributed by atoms with Crippen LogP contribution >= 0.6 is 27.5 Å². The lowest BCUT2D eigenvalue weighted by Crippen LogP contribution is -2.31. The van der Waals surface area contributed by atoms with Crippen LogP contribution in [0.1, 0.15) is 21.5 Å². The molecule has 0 aliphatic rings. The molecule has 174 valence electrons. The van der Waals surface area contributed by atoms with E-state index in [1.807, 2.05) is 6.92 Å². The number of amides is 2. The van der Waals surface area contributed by atoms with Crippen molar-refractivity contribution in [2.45, 2.75) is 6.92 Å². The number of hydrogen-bond donors (Lipinski definition) is 2. The van der Waals surface area contributed by atoms with E-state index in [2.05, 4.69) is 26.6 Å². The molecular weight excluding hydrogens is 526 g/mol. The SMILES string of the molecule is COc1ccc(Br)cc1C(=O)N/C(=C\c1cccc([N+](=O)[O-])c1)C(=O)Nc1ccc(C)c(Cl)c1. The minimum absolute atomic E-state index is 0.135. The third kappa shape index (κ3) is 6.21. The van der Waals surface area contributed by atoms with Gasteiger partial charge in [0.1, 0.15) is 11.4 Å². The fraction of sp³-hybridized carbons (Fsp3) is 0.0833. The van der Waals surface area contributed by atoms with Gasteiger partial charge in [0.15, 0.2) is 0 Å². The Hall–Kier alpha value is -3.69. The second kappa shape index (κ2) is 11.0. The van der Waals surface area contributed by atoms with Crippen LogP contribution in [0.4, 0.5) is 11.4 Å². The monoisotopic (exact) mass is 543 g/mol. The number of hydrogen-bond acceptors (Lipinski definition) is 5. The summed E-state index contributed by atoms with van der Waals surface area (Å²) in [4.78, 5) is 36.8. The van der Waals surface area contributed by atoms with Crippen molar-refractivity contribution >= 4 is 56.8 Å². The smallest absolute Gasteiger partial charge is 0.272 e. The molecule has 0 heterocycles. The van der Waals surface area contributed by atoms with Gasteiger partial charge in [-0.05, 0) is 54.5 Å². The van der Waals surface area contributed by atoms with E-state index in [1.54, 1.807) is 42.5 Å². The number of ether oxygens (including phenoxy) is 1. The predicted molar refractivity (Wildman–Crippen MR) is 134 cm³/mol. The van der Waals surface area contributed by atoms with Crippen molar-refractivity contribution < 1.29 is 19.2 Å². The number of carbonyl (C=O) groups is 2. The zero-order chi connectivity index (χ0) is 24.8. The van der Waals surface area contributed by atoms with Crippen LogP contribution in [0.15, 0.2) is 70.8 Å². The van der Waals surface area contributed by atoms with E-state index >= 15 is 0 Å². The molecule has 0 saturated carbocycles. The van der Waals surface area contributed by atoms with Crippen LogP contribution in [0.3, 0.4) is 0 Å². The second-order valence-corrected chi connectivity index (χ2v) is 8.45. The third-order valence-electron chi connectivity index (χ3n) is 4.72. The first kappa shape index (κ1) is 24.9. The second-order valence-electron chi connectivity index (χ2n) is 7.13. The molecule has 3 aromatic rings. The number of methoxy groups -OCH3 is 1. The number of nitrogens with zero attached hydrogens (tertiary/aromatic N) is 1. The van der Waals surface area contributed by atoms with Crippen molar-refractivity contribution in [1.82, 2.24) is 5.32 Å². The van der Waals surface area contributed by atoms with Gasteiger partial charge in [0.05, 0.1) is 17.6 Å². The van der Waals surface area contributed by atoms with Crippen molar-refractivity contribution in [3.8, 4) is 5.75 Å². The Morgan fingerprint density at radius 1 is 1.12 bits per heavy atom. The number of aryl methyl sites for hydroxylation is 1. The summed E-state index contributed by atoms with van der Waals surface area (Å²) in [5, 5.41) is 16.9. The molecule has 0 fully saturated rings. The molecule has 2 amide bonds. The van der Waals surface area contributed by atoms with Crippen molar-refractivity contribution in [3.63, 3.8) is 0 Å². The molecule has 2 N–H and O–H groups in total. The average molecular weight is 545 g/mol. The molecule has 34 heavy (non-hydrogen) atoms. The molecule has 8 nitrogen and oxygen atoms in total. The Balaban J connectivity index is 1.99. The average Bonchev–Trinajstić information content (AvgIpc) is 2.81. The van der Waals surface area contributed by atoms with Gasteiger partial charge in [-0.2, -0.15) is 0 Å². The predicted octanol–water partition coefficient (Wildman–Crippen LogP) is 5.74. The van der Waals surface area contributed by atoms with E-state index in [1.165, 1.54) is 31.4 Å². The molecule has 0 radical (unpaired) electrons. The highest BCUT2D eigenvalue weighted by Gasteiger charge is 2.19. The summed E-state index contributed by atoms with van der Waals surface area (Å²) < 4.78 is 5.89. The first-order chi connectivity index (χ1) is 16.2. The van der Waals surface area contributed by atoms with Crippen molar-refractivity contribution in [1.29, 1.82) is 0 Å². The topological polar surface area (TPSA) is 111 Å². The lowest BCUT2D eigenvalue weighted by Gasteiger charge is -2.14. The first-order valence-corrected chi connectivity index (χ1v) is 11.0. The van der Waals surface area contributed by atoms with Crippen LogP contribution in [0.25, 0.3) is 6.08 Å². The van der Waals surface area contributed by atoms with Gasteiger partial charge >= 0.3 is 0 Å². The third-order valence-corrected chi connectivity index (χ3v) is 5.62. The number of carbonyl (C=O) groups excluding carboxylic acids is 2. The summed E-state index contributed by atoms with van der Waals surface area (Å²) >= 11 is 9.46. The minimum Gasteiger partial charge on any atom is -0.496 e. The van der Waals surface area contributed by atoms with Crippen molar-refractivity contribution in [3.05, 3.63) is 103 Å². The van der Waals surface area contributed by atoms with E-state index < -0.39 is 16.7 Å². The van der Waals surface area contributed by atoms with Crippen LogP contribution in [0.2, 0.25) is 5.02 Å². The Morgan fingerprint density at radius 2 is 1.88 bits per heavy atom. The molecule has 0 atom stereocenters. The quantitative estimate of drug-likeness (QED) is 0.224. The number of halogens is 2. The Labute approximate surface area is 208 Å². The van der Waals surface area contributed by atoms with E-state index in [0.717, 1.165) is 5.56 Å². The van der Waals surface area contributed by atoms with Gasteiger partial charge in [-0.15, -0.1) is 0 Å². The van der Waals surface area contributed by atoms with Gasteiger partial charge < -0.3 is 15.4 Å². The van der Waals surface area contributed by atoms with Gasteiger partial charge in [-0.25, -0.2) is 0 Å². The summed E-state index contributed by atoms with van der Waals surface area (Å²) in [5.41, 5.74) is 1.50. The maximum absolute atomic E-state index is 13.1. The number of anilines is 1. The van der Waals surface area contributed by atoms with Crippen LogP contribution in [0, 0.1) is 17.0 Å². The van der Waals surface area contributed by atoms with Gasteiger partial charge in [-0.3, -0.25) is 19.7 Å². The van der Waals surface area contributed by atoms with Gasteiger partial charge in [0.25, 0.3) is 17.5 Å². The summed E-state index contributed by atoms with van der Waals surface area (Å²) in [6.45, 7) is 1.83. The highest BCUT2D eigenvalue weighted by Crippen LogP contribution is 2.24. The number of nitrogens with one attached hydrogen (secondary N) is 2. The number of nitro groups is 1. The summed E-state index contributed by atoms with van der Waals surface area (Å²) in [6, 6.07) is 15.6. The summed E-state index contributed by atoms with van der Waals surface area (Å²) in [5.74, 6) is -0.943. The molecule has 0 aromatic heterocycles. The fourth-order valence-electron chi connectivity index (χ4n) is 2.97. The molecule has 0 aliphatic heterocycles. The molecule has 0 unspecified atom stereocenters. The van der Waals surface area contributed by atoms with Crippen molar-refractivity contribution in [2.75, 3.05) is 12.4 Å². The van der Waals surface area contributed by atoms with E-state index in [0.29, 0.717) is 26.5 Å². The number of nitro benzene ring substituents is 1. The number of benzene rings is 3. The van der Waals surface area contributed by atoms with Crippen LogP contribution in [-0.2, 0) is 4.79 Å². The van der Waals surface area contributed by atoms with Gasteiger partial charge in [0, 0.05) is 27.3 Å². The van der Waals surface area contributed by atoms with Crippen LogP contribution < -0.4 is 15.4 Å². The number of non-ortho nitro benzene ring substituents is 1. The zero-order valence-electron chi connectivity index (χ0n) is 18.1. The zero-order valence-corrected chi connectivity index (χ0v) is 20.4. The normalized spacial score (nSPS) is 11.0. The molecule has 0 aliphatic carbocycles. The lowest BCUT2D eigenvalue weighted by atomic mass is 10.1. The van der Waals surface area contributed by atoms with E-state index in [4.69, 9.17) is 16.3 Å². The summed E-state index contributed by atoms with van der Waals surface area (Å²) in [6.07, 6.45) is 1.35. The molecular formula is C24H19BrClN3O5. The van der Waals surface area contributed by atoms with E-state index in [-0.39, 0.29) is 16.9 Å². The maximum atomic E-state index is 13.1. The lowest BCUT2D eigenvalue weighted by molar-refractivity contribution is -0.384. The van der Waals surface area contributed by atoms with Gasteiger partial charge in [-0.1, -0.05) is 45.7 Å². The molecule has 0 saturated heterocycles. The van der Waals surface area contributed by atoms with Crippen molar-refractivity contribution in [2.24, 2.45) is 0 Å². The molecule has 3 aromatic carbocycles. The fourth-order valence-corrected chi connectivity index (χ4v) is 3.51. The van der Waals surface area contributed by atoms with Crippen LogP contribution in [-0.4, -0.2) is 23.8 Å². The molecule has 0 spiro atoms. The number of rotatable bonds is 7. The Bertz CT molecular complexity index is 1310.